The third kappa shape index (κ3) is 3.35. The quantitative estimate of drug-likeness (QED) is 0.644. The first-order valence-electron chi connectivity index (χ1n) is 8.51. The highest BCUT2D eigenvalue weighted by Crippen LogP contribution is 2.36. The molecule has 25 heavy (non-hydrogen) atoms. The number of hydrogen-bond acceptors (Lipinski definition) is 5. The molecule has 0 spiro atoms. The molecular formula is C16H21N3O6. The molecule has 3 aliphatic rings. The zero-order chi connectivity index (χ0) is 18.1. The lowest BCUT2D eigenvalue weighted by molar-refractivity contribution is -0.158. The molecule has 0 radical (unpaired) electrons. The van der Waals surface area contributed by atoms with E-state index in [1.165, 1.54) is 4.90 Å². The molecule has 0 aromatic carbocycles. The minimum absolute atomic E-state index is 0.153. The van der Waals surface area contributed by atoms with Crippen LogP contribution in [-0.4, -0.2) is 82.1 Å². The Labute approximate surface area is 144 Å². The third-order valence-corrected chi connectivity index (χ3v) is 5.30. The summed E-state index contributed by atoms with van der Waals surface area (Å²) in [7, 11) is 0. The molecule has 136 valence electrons. The molecule has 9 heteroatoms. The maximum absolute atomic E-state index is 12.4. The van der Waals surface area contributed by atoms with Crippen molar-refractivity contribution in [3.63, 3.8) is 0 Å². The van der Waals surface area contributed by atoms with E-state index in [-0.39, 0.29) is 43.0 Å². The SMILES string of the molecule is O=C(O)C1CCC1C(=O)N1CCN(C(=O)CN2C(=O)CCC2=O)CC1. The van der Waals surface area contributed by atoms with Crippen LogP contribution in [0.4, 0.5) is 0 Å². The lowest BCUT2D eigenvalue weighted by Crippen LogP contribution is -2.55. The molecule has 2 unspecified atom stereocenters. The molecule has 3 rings (SSSR count). The molecule has 0 aromatic rings. The summed E-state index contributed by atoms with van der Waals surface area (Å²) in [6, 6.07) is 0. The van der Waals surface area contributed by atoms with Gasteiger partial charge in [0.15, 0.2) is 0 Å². The highest BCUT2D eigenvalue weighted by atomic mass is 16.4. The van der Waals surface area contributed by atoms with Crippen molar-refractivity contribution in [1.29, 1.82) is 0 Å². The second-order valence-electron chi connectivity index (χ2n) is 6.71. The zero-order valence-electron chi connectivity index (χ0n) is 13.8. The van der Waals surface area contributed by atoms with Gasteiger partial charge in [-0.15, -0.1) is 0 Å². The predicted molar refractivity (Wildman–Crippen MR) is 83.0 cm³/mol. The number of aliphatic carboxylic acids is 1. The number of amides is 4. The van der Waals surface area contributed by atoms with Crippen LogP contribution in [0, 0.1) is 11.8 Å². The molecule has 3 fully saturated rings. The van der Waals surface area contributed by atoms with Gasteiger partial charge in [-0.05, 0) is 12.8 Å². The summed E-state index contributed by atoms with van der Waals surface area (Å²) in [6.07, 6.45) is 1.43. The molecule has 1 saturated carbocycles. The first-order valence-corrected chi connectivity index (χ1v) is 8.51. The summed E-state index contributed by atoms with van der Waals surface area (Å²) in [5.41, 5.74) is 0. The summed E-state index contributed by atoms with van der Waals surface area (Å²) >= 11 is 0. The maximum atomic E-state index is 12.4. The first-order chi connectivity index (χ1) is 11.9. The largest absolute Gasteiger partial charge is 0.481 e. The van der Waals surface area contributed by atoms with E-state index in [9.17, 15) is 24.0 Å². The number of piperazine rings is 1. The van der Waals surface area contributed by atoms with Crippen LogP contribution in [0.1, 0.15) is 25.7 Å². The molecule has 4 amide bonds. The lowest BCUT2D eigenvalue weighted by Gasteiger charge is -2.40. The van der Waals surface area contributed by atoms with Gasteiger partial charge in [0.2, 0.25) is 23.6 Å². The number of nitrogens with zero attached hydrogens (tertiary/aromatic N) is 3. The standard InChI is InChI=1S/C16H21N3O6/c20-12-3-4-13(21)19(12)9-14(22)17-5-7-18(8-6-17)15(23)10-1-2-11(10)16(24)25/h10-11H,1-9H2,(H,24,25). The molecule has 1 N–H and O–H groups in total. The Morgan fingerprint density at radius 3 is 1.88 bits per heavy atom. The van der Waals surface area contributed by atoms with Crippen molar-refractivity contribution in [2.24, 2.45) is 11.8 Å². The Balaban J connectivity index is 1.49. The van der Waals surface area contributed by atoms with Crippen molar-refractivity contribution in [1.82, 2.24) is 14.7 Å². The maximum Gasteiger partial charge on any atom is 0.307 e. The number of carboxylic acid groups (broad SMARTS) is 1. The number of hydrogen-bond donors (Lipinski definition) is 1. The van der Waals surface area contributed by atoms with Crippen molar-refractivity contribution in [2.45, 2.75) is 25.7 Å². The van der Waals surface area contributed by atoms with Crippen LogP contribution in [0.5, 0.6) is 0 Å². The van der Waals surface area contributed by atoms with Gasteiger partial charge in [0.25, 0.3) is 0 Å². The first kappa shape index (κ1) is 17.4. The number of carbonyl (C=O) groups excluding carboxylic acids is 4. The summed E-state index contributed by atoms with van der Waals surface area (Å²) in [6.45, 7) is 1.09. The van der Waals surface area contributed by atoms with Gasteiger partial charge in [-0.3, -0.25) is 28.9 Å². The second kappa shape index (κ2) is 6.81. The molecule has 2 heterocycles. The summed E-state index contributed by atoms with van der Waals surface area (Å²) in [5.74, 6) is -3.09. The van der Waals surface area contributed by atoms with Crippen LogP contribution in [0.3, 0.4) is 0 Å². The van der Waals surface area contributed by atoms with Crippen LogP contribution in [0.15, 0.2) is 0 Å². The van der Waals surface area contributed by atoms with Crippen LogP contribution in [0.25, 0.3) is 0 Å². The van der Waals surface area contributed by atoms with E-state index < -0.39 is 17.8 Å². The van der Waals surface area contributed by atoms with Gasteiger partial charge in [0, 0.05) is 39.0 Å². The van der Waals surface area contributed by atoms with Gasteiger partial charge in [-0.2, -0.15) is 0 Å². The van der Waals surface area contributed by atoms with Crippen molar-refractivity contribution in [3.8, 4) is 0 Å². The number of carboxylic acids is 1. The van der Waals surface area contributed by atoms with Crippen LogP contribution in [0.2, 0.25) is 0 Å². The average Bonchev–Trinajstić information content (AvgIpc) is 2.85. The number of carbonyl (C=O) groups is 5. The summed E-state index contributed by atoms with van der Waals surface area (Å²) < 4.78 is 0. The average molecular weight is 351 g/mol. The smallest absolute Gasteiger partial charge is 0.307 e. The molecule has 2 aliphatic heterocycles. The van der Waals surface area contributed by atoms with Crippen LogP contribution < -0.4 is 0 Å². The van der Waals surface area contributed by atoms with Gasteiger partial charge in [0.1, 0.15) is 6.54 Å². The third-order valence-electron chi connectivity index (χ3n) is 5.30. The molecule has 9 nitrogen and oxygen atoms in total. The van der Waals surface area contributed by atoms with E-state index in [1.807, 2.05) is 0 Å². The topological polar surface area (TPSA) is 115 Å². The second-order valence-corrected chi connectivity index (χ2v) is 6.71. The lowest BCUT2D eigenvalue weighted by atomic mass is 9.73. The zero-order valence-corrected chi connectivity index (χ0v) is 13.8. The minimum atomic E-state index is -0.932. The Bertz CT molecular complexity index is 609. The Hall–Kier alpha value is -2.45. The molecule has 0 bridgehead atoms. The fourth-order valence-corrected chi connectivity index (χ4v) is 3.54. The molecule has 2 saturated heterocycles. The van der Waals surface area contributed by atoms with Crippen molar-refractivity contribution < 1.29 is 29.1 Å². The van der Waals surface area contributed by atoms with Gasteiger partial charge in [-0.1, -0.05) is 0 Å². The fourth-order valence-electron chi connectivity index (χ4n) is 3.54. The fraction of sp³-hybridized carbons (Fsp3) is 0.688. The van der Waals surface area contributed by atoms with E-state index in [4.69, 9.17) is 5.11 Å². The highest BCUT2D eigenvalue weighted by molar-refractivity contribution is 6.04. The van der Waals surface area contributed by atoms with Gasteiger partial charge >= 0.3 is 5.97 Å². The van der Waals surface area contributed by atoms with Gasteiger partial charge < -0.3 is 14.9 Å². The Morgan fingerprint density at radius 2 is 1.40 bits per heavy atom. The van der Waals surface area contributed by atoms with Crippen molar-refractivity contribution >= 4 is 29.6 Å². The summed E-state index contributed by atoms with van der Waals surface area (Å²) in [4.78, 5) is 63.0. The minimum Gasteiger partial charge on any atom is -0.481 e. The number of imide groups is 1. The van der Waals surface area contributed by atoms with E-state index in [0.717, 1.165) is 4.90 Å². The molecule has 0 aromatic heterocycles. The van der Waals surface area contributed by atoms with E-state index in [2.05, 4.69) is 0 Å². The summed E-state index contributed by atoms with van der Waals surface area (Å²) in [5, 5.41) is 9.06. The monoisotopic (exact) mass is 351 g/mol. The van der Waals surface area contributed by atoms with Gasteiger partial charge in [-0.25, -0.2) is 0 Å². The Kier molecular flexibility index (Phi) is 4.73. The molecule has 1 aliphatic carbocycles. The predicted octanol–water partition coefficient (Wildman–Crippen LogP) is -1.08. The van der Waals surface area contributed by atoms with Crippen LogP contribution in [-0.2, 0) is 24.0 Å². The van der Waals surface area contributed by atoms with E-state index in [0.29, 0.717) is 39.0 Å². The van der Waals surface area contributed by atoms with Crippen molar-refractivity contribution in [2.75, 3.05) is 32.7 Å². The van der Waals surface area contributed by atoms with Crippen LogP contribution >= 0.6 is 0 Å². The highest BCUT2D eigenvalue weighted by Gasteiger charge is 2.43. The number of likely N-dealkylation sites (tertiary alicyclic amines) is 1. The Morgan fingerprint density at radius 1 is 0.880 bits per heavy atom. The molecule has 2 atom stereocenters. The van der Waals surface area contributed by atoms with Crippen molar-refractivity contribution in [3.05, 3.63) is 0 Å². The number of rotatable bonds is 4. The normalized spacial score (nSPS) is 26.6. The van der Waals surface area contributed by atoms with E-state index in [1.54, 1.807) is 4.90 Å². The molecular weight excluding hydrogens is 330 g/mol. The van der Waals surface area contributed by atoms with E-state index >= 15 is 0 Å². The van der Waals surface area contributed by atoms with Gasteiger partial charge in [0.05, 0.1) is 11.8 Å².